The number of sulfonamides is 1. The standard InChI is InChI=1S/C21H28N4O5S/c1-29-19-7-6-18(15-20(19)30-2)31(27,28)23-10-8-21(26)25-13-11-24(12-14-25)16-17-5-3-4-9-22-17/h3-7,9,15,23H,8,10-14,16H2,1-2H3. The Balaban J connectivity index is 1.46. The molecule has 10 heteroatoms. The summed E-state index contributed by atoms with van der Waals surface area (Å²) in [7, 11) is -0.838. The number of piperazine rings is 1. The molecule has 0 unspecified atom stereocenters. The van der Waals surface area contributed by atoms with Crippen LogP contribution < -0.4 is 14.2 Å². The van der Waals surface area contributed by atoms with Crippen molar-refractivity contribution >= 4 is 15.9 Å². The maximum Gasteiger partial charge on any atom is 0.240 e. The average molecular weight is 449 g/mol. The van der Waals surface area contributed by atoms with Gasteiger partial charge >= 0.3 is 0 Å². The van der Waals surface area contributed by atoms with Crippen LogP contribution in [0.15, 0.2) is 47.5 Å². The maximum atomic E-state index is 12.5. The number of amides is 1. The highest BCUT2D eigenvalue weighted by Gasteiger charge is 2.22. The highest BCUT2D eigenvalue weighted by molar-refractivity contribution is 7.89. The number of nitrogens with zero attached hydrogens (tertiary/aromatic N) is 3. The lowest BCUT2D eigenvalue weighted by atomic mass is 10.2. The van der Waals surface area contributed by atoms with Gasteiger partial charge in [-0.2, -0.15) is 0 Å². The van der Waals surface area contributed by atoms with Gasteiger partial charge in [-0.25, -0.2) is 13.1 Å². The SMILES string of the molecule is COc1ccc(S(=O)(=O)NCCC(=O)N2CCN(Cc3ccccn3)CC2)cc1OC. The summed E-state index contributed by atoms with van der Waals surface area (Å²) in [4.78, 5) is 20.9. The lowest BCUT2D eigenvalue weighted by Crippen LogP contribution is -2.48. The number of aromatic nitrogens is 1. The number of nitrogens with one attached hydrogen (secondary N) is 1. The molecule has 1 aromatic heterocycles. The van der Waals surface area contributed by atoms with Gasteiger partial charge < -0.3 is 14.4 Å². The zero-order valence-electron chi connectivity index (χ0n) is 17.8. The van der Waals surface area contributed by atoms with Gasteiger partial charge in [-0.3, -0.25) is 14.7 Å². The minimum Gasteiger partial charge on any atom is -0.493 e. The van der Waals surface area contributed by atoms with Crippen LogP contribution in [0.2, 0.25) is 0 Å². The maximum absolute atomic E-state index is 12.5. The Morgan fingerprint density at radius 1 is 1.06 bits per heavy atom. The van der Waals surface area contributed by atoms with Crippen LogP contribution in [-0.4, -0.2) is 76.1 Å². The first kappa shape index (κ1) is 23.0. The highest BCUT2D eigenvalue weighted by atomic mass is 32.2. The molecule has 1 aromatic carbocycles. The Morgan fingerprint density at radius 2 is 1.81 bits per heavy atom. The van der Waals surface area contributed by atoms with E-state index in [1.807, 2.05) is 18.2 Å². The number of benzene rings is 1. The van der Waals surface area contributed by atoms with E-state index in [0.29, 0.717) is 24.6 Å². The Morgan fingerprint density at radius 3 is 2.45 bits per heavy atom. The first-order chi connectivity index (χ1) is 14.9. The molecule has 0 bridgehead atoms. The van der Waals surface area contributed by atoms with Crippen molar-refractivity contribution in [2.75, 3.05) is 46.9 Å². The lowest BCUT2D eigenvalue weighted by Gasteiger charge is -2.34. The number of hydrogen-bond donors (Lipinski definition) is 1. The van der Waals surface area contributed by atoms with Crippen molar-refractivity contribution in [3.05, 3.63) is 48.3 Å². The van der Waals surface area contributed by atoms with E-state index >= 15 is 0 Å². The fraction of sp³-hybridized carbons (Fsp3) is 0.429. The molecular formula is C21H28N4O5S. The van der Waals surface area contributed by atoms with Crippen LogP contribution in [0.4, 0.5) is 0 Å². The zero-order chi connectivity index (χ0) is 22.3. The molecule has 0 saturated carbocycles. The van der Waals surface area contributed by atoms with Crippen molar-refractivity contribution in [2.45, 2.75) is 17.9 Å². The van der Waals surface area contributed by atoms with E-state index in [0.717, 1.165) is 25.3 Å². The molecule has 1 saturated heterocycles. The van der Waals surface area contributed by atoms with Gasteiger partial charge in [0.2, 0.25) is 15.9 Å². The zero-order valence-corrected chi connectivity index (χ0v) is 18.6. The normalized spacial score (nSPS) is 15.0. The second-order valence-electron chi connectivity index (χ2n) is 7.14. The molecule has 168 valence electrons. The minimum absolute atomic E-state index is 0.0314. The molecule has 0 radical (unpaired) electrons. The van der Waals surface area contributed by atoms with Gasteiger partial charge in [-0.1, -0.05) is 6.07 Å². The van der Waals surface area contributed by atoms with Crippen LogP contribution in [0.3, 0.4) is 0 Å². The molecular weight excluding hydrogens is 420 g/mol. The van der Waals surface area contributed by atoms with Crippen LogP contribution in [0, 0.1) is 0 Å². The number of rotatable bonds is 9. The Labute approximate surface area is 183 Å². The van der Waals surface area contributed by atoms with Crippen molar-refractivity contribution in [2.24, 2.45) is 0 Å². The third kappa shape index (κ3) is 6.16. The fourth-order valence-electron chi connectivity index (χ4n) is 3.39. The Kier molecular flexibility index (Phi) is 7.83. The molecule has 1 N–H and O–H groups in total. The third-order valence-electron chi connectivity index (χ3n) is 5.13. The van der Waals surface area contributed by atoms with Crippen molar-refractivity contribution < 1.29 is 22.7 Å². The second-order valence-corrected chi connectivity index (χ2v) is 8.91. The molecule has 1 aliphatic rings. The molecule has 0 spiro atoms. The number of carbonyl (C=O) groups is 1. The Bertz CT molecular complexity index is 977. The largest absolute Gasteiger partial charge is 0.493 e. The molecule has 9 nitrogen and oxygen atoms in total. The summed E-state index contributed by atoms with van der Waals surface area (Å²) in [6.45, 7) is 3.55. The van der Waals surface area contributed by atoms with Gasteiger partial charge in [0, 0.05) is 58.0 Å². The summed E-state index contributed by atoms with van der Waals surface area (Å²) >= 11 is 0. The fourth-order valence-corrected chi connectivity index (χ4v) is 4.44. The van der Waals surface area contributed by atoms with Crippen LogP contribution in [0.1, 0.15) is 12.1 Å². The molecule has 1 fully saturated rings. The molecule has 2 aromatic rings. The van der Waals surface area contributed by atoms with Crippen LogP contribution in [0.5, 0.6) is 11.5 Å². The van der Waals surface area contributed by atoms with E-state index in [1.165, 1.54) is 32.4 Å². The van der Waals surface area contributed by atoms with Crippen LogP contribution in [0.25, 0.3) is 0 Å². The van der Waals surface area contributed by atoms with E-state index in [9.17, 15) is 13.2 Å². The molecule has 1 aliphatic heterocycles. The Hall–Kier alpha value is -2.69. The molecule has 1 amide bonds. The topological polar surface area (TPSA) is 101 Å². The number of pyridine rings is 1. The minimum atomic E-state index is -3.76. The number of methoxy groups -OCH3 is 2. The first-order valence-electron chi connectivity index (χ1n) is 10.0. The van der Waals surface area contributed by atoms with E-state index in [-0.39, 0.29) is 23.8 Å². The van der Waals surface area contributed by atoms with Gasteiger partial charge in [0.15, 0.2) is 11.5 Å². The predicted octanol–water partition coefficient (Wildman–Crippen LogP) is 1.11. The molecule has 2 heterocycles. The average Bonchev–Trinajstić information content (AvgIpc) is 2.79. The summed E-state index contributed by atoms with van der Waals surface area (Å²) < 4.78 is 37.8. The summed E-state index contributed by atoms with van der Waals surface area (Å²) in [5, 5.41) is 0. The van der Waals surface area contributed by atoms with E-state index in [1.54, 1.807) is 11.1 Å². The summed E-state index contributed by atoms with van der Waals surface area (Å²) in [6, 6.07) is 10.2. The van der Waals surface area contributed by atoms with Gasteiger partial charge in [0.05, 0.1) is 24.8 Å². The number of carbonyl (C=O) groups excluding carboxylic acids is 1. The molecule has 3 rings (SSSR count). The monoisotopic (exact) mass is 448 g/mol. The molecule has 31 heavy (non-hydrogen) atoms. The van der Waals surface area contributed by atoms with E-state index < -0.39 is 10.0 Å². The van der Waals surface area contributed by atoms with Gasteiger partial charge in [-0.15, -0.1) is 0 Å². The second kappa shape index (κ2) is 10.6. The van der Waals surface area contributed by atoms with Crippen molar-refractivity contribution in [3.63, 3.8) is 0 Å². The molecule has 0 atom stereocenters. The van der Waals surface area contributed by atoms with E-state index in [2.05, 4.69) is 14.6 Å². The third-order valence-corrected chi connectivity index (χ3v) is 6.59. The van der Waals surface area contributed by atoms with Gasteiger partial charge in [0.1, 0.15) is 0 Å². The number of ether oxygens (including phenoxy) is 2. The quantitative estimate of drug-likeness (QED) is 0.613. The number of hydrogen-bond acceptors (Lipinski definition) is 7. The van der Waals surface area contributed by atoms with Crippen molar-refractivity contribution in [3.8, 4) is 11.5 Å². The molecule has 0 aliphatic carbocycles. The smallest absolute Gasteiger partial charge is 0.240 e. The predicted molar refractivity (Wildman–Crippen MR) is 115 cm³/mol. The van der Waals surface area contributed by atoms with Crippen molar-refractivity contribution in [1.29, 1.82) is 0 Å². The van der Waals surface area contributed by atoms with Crippen molar-refractivity contribution in [1.82, 2.24) is 19.5 Å². The summed E-state index contributed by atoms with van der Waals surface area (Å²) in [5.74, 6) is 0.705. The summed E-state index contributed by atoms with van der Waals surface area (Å²) in [6.07, 6.45) is 1.88. The van der Waals surface area contributed by atoms with Gasteiger partial charge in [0.25, 0.3) is 0 Å². The van der Waals surface area contributed by atoms with Crippen LogP contribution in [-0.2, 0) is 21.4 Å². The highest BCUT2D eigenvalue weighted by Crippen LogP contribution is 2.29. The van der Waals surface area contributed by atoms with Gasteiger partial charge in [-0.05, 0) is 24.3 Å². The van der Waals surface area contributed by atoms with Crippen LogP contribution >= 0.6 is 0 Å². The summed E-state index contributed by atoms with van der Waals surface area (Å²) in [5.41, 5.74) is 1.01. The first-order valence-corrected chi connectivity index (χ1v) is 11.5. The lowest BCUT2D eigenvalue weighted by molar-refractivity contribution is -0.132. The van der Waals surface area contributed by atoms with E-state index in [4.69, 9.17) is 9.47 Å².